The van der Waals surface area contributed by atoms with E-state index in [2.05, 4.69) is 0 Å². The molecule has 0 bridgehead atoms. The number of nitrogens with two attached hydrogens (primary N) is 1. The number of halogens is 3. The molecule has 3 N–H and O–H groups in total. The molecule has 1 rings (SSSR count). The summed E-state index contributed by atoms with van der Waals surface area (Å²) in [6.45, 7) is -1.50. The molecule has 100 valence electrons. The van der Waals surface area contributed by atoms with E-state index in [4.69, 9.17) is 10.8 Å². The number of aliphatic hydroxyl groups is 1. The molecule has 0 aliphatic rings. The molecule has 18 heavy (non-hydrogen) atoms. The first-order valence-electron chi connectivity index (χ1n) is 5.19. The maximum Gasteiger partial charge on any atom is 0.255 e. The van der Waals surface area contributed by atoms with Gasteiger partial charge in [0.15, 0.2) is 0 Å². The Morgan fingerprint density at radius 1 is 1.44 bits per heavy atom. The summed E-state index contributed by atoms with van der Waals surface area (Å²) in [5, 5.41) is 8.71. The highest BCUT2D eigenvalue weighted by molar-refractivity contribution is 5.94. The van der Waals surface area contributed by atoms with Gasteiger partial charge >= 0.3 is 0 Å². The van der Waals surface area contributed by atoms with Crippen LogP contribution < -0.4 is 5.73 Å². The largest absolute Gasteiger partial charge is 0.396 e. The zero-order valence-corrected chi connectivity index (χ0v) is 9.44. The molecule has 7 heteroatoms. The van der Waals surface area contributed by atoms with E-state index >= 15 is 0 Å². The quantitative estimate of drug-likeness (QED) is 0.781. The summed E-state index contributed by atoms with van der Waals surface area (Å²) in [6.07, 6.45) is -2.72. The van der Waals surface area contributed by atoms with Crippen molar-refractivity contribution in [1.82, 2.24) is 4.90 Å². The lowest BCUT2D eigenvalue weighted by Crippen LogP contribution is -2.37. The number of benzene rings is 1. The van der Waals surface area contributed by atoms with Gasteiger partial charge in [0.2, 0.25) is 0 Å². The van der Waals surface area contributed by atoms with Crippen molar-refractivity contribution in [1.29, 1.82) is 0 Å². The fourth-order valence-electron chi connectivity index (χ4n) is 1.41. The summed E-state index contributed by atoms with van der Waals surface area (Å²) in [4.78, 5) is 12.6. The highest BCUT2D eigenvalue weighted by Crippen LogP contribution is 2.14. The molecule has 0 saturated heterocycles. The van der Waals surface area contributed by atoms with Crippen LogP contribution in [-0.4, -0.2) is 42.0 Å². The Hall–Kier alpha value is -1.76. The maximum absolute atomic E-state index is 13.2. The Balaban J connectivity index is 2.90. The standard InChI is InChI=1S/C11H13F3N2O2/c12-8-5-7(1-2-9(8)15)11(18)16(3-4-17)6-10(13)14/h1-2,5,10,17H,3-4,6,15H2. The van der Waals surface area contributed by atoms with E-state index < -0.39 is 31.3 Å². The Labute approximate surface area is 102 Å². The molecule has 0 fully saturated rings. The smallest absolute Gasteiger partial charge is 0.255 e. The van der Waals surface area contributed by atoms with Crippen LogP contribution in [0.2, 0.25) is 0 Å². The lowest BCUT2D eigenvalue weighted by Gasteiger charge is -2.21. The minimum absolute atomic E-state index is 0.0872. The molecular formula is C11H13F3N2O2. The summed E-state index contributed by atoms with van der Waals surface area (Å²) in [7, 11) is 0. The fraction of sp³-hybridized carbons (Fsp3) is 0.364. The third kappa shape index (κ3) is 3.63. The molecule has 1 amide bonds. The molecule has 0 saturated carbocycles. The van der Waals surface area contributed by atoms with Crippen molar-refractivity contribution in [2.45, 2.75) is 6.43 Å². The first-order valence-corrected chi connectivity index (χ1v) is 5.19. The zero-order valence-electron chi connectivity index (χ0n) is 9.44. The van der Waals surface area contributed by atoms with Crippen molar-refractivity contribution in [3.8, 4) is 0 Å². The van der Waals surface area contributed by atoms with Crippen LogP contribution in [0.4, 0.5) is 18.9 Å². The average molecular weight is 262 g/mol. The van der Waals surface area contributed by atoms with Crippen LogP contribution in [0.3, 0.4) is 0 Å². The third-order valence-corrected chi connectivity index (χ3v) is 2.26. The zero-order chi connectivity index (χ0) is 13.7. The van der Waals surface area contributed by atoms with E-state index in [1.54, 1.807) is 0 Å². The minimum atomic E-state index is -2.72. The number of carbonyl (C=O) groups is 1. The molecule has 0 spiro atoms. The van der Waals surface area contributed by atoms with Gasteiger partial charge < -0.3 is 15.7 Å². The van der Waals surface area contributed by atoms with Gasteiger partial charge in [0, 0.05) is 12.1 Å². The number of nitrogens with zero attached hydrogens (tertiary/aromatic N) is 1. The minimum Gasteiger partial charge on any atom is -0.396 e. The van der Waals surface area contributed by atoms with Gasteiger partial charge in [-0.05, 0) is 18.2 Å². The number of anilines is 1. The third-order valence-electron chi connectivity index (χ3n) is 2.26. The van der Waals surface area contributed by atoms with Crippen LogP contribution in [0.1, 0.15) is 10.4 Å². The number of carbonyl (C=O) groups excluding carboxylic acids is 1. The van der Waals surface area contributed by atoms with E-state index in [9.17, 15) is 18.0 Å². The number of nitrogen functional groups attached to an aromatic ring is 1. The van der Waals surface area contributed by atoms with E-state index in [1.165, 1.54) is 12.1 Å². The van der Waals surface area contributed by atoms with Gasteiger partial charge in [0.1, 0.15) is 5.82 Å². The van der Waals surface area contributed by atoms with Crippen molar-refractivity contribution >= 4 is 11.6 Å². The molecule has 0 radical (unpaired) electrons. The second-order valence-corrected chi connectivity index (χ2v) is 3.60. The number of aliphatic hydroxyl groups excluding tert-OH is 1. The highest BCUT2D eigenvalue weighted by atomic mass is 19.3. The Morgan fingerprint density at radius 3 is 2.61 bits per heavy atom. The average Bonchev–Trinajstić information content (AvgIpc) is 2.31. The fourth-order valence-corrected chi connectivity index (χ4v) is 1.41. The predicted molar refractivity (Wildman–Crippen MR) is 59.8 cm³/mol. The second kappa shape index (κ2) is 6.25. The topological polar surface area (TPSA) is 66.6 Å². The summed E-state index contributed by atoms with van der Waals surface area (Å²) >= 11 is 0. The number of rotatable bonds is 5. The number of alkyl halides is 2. The van der Waals surface area contributed by atoms with Crippen molar-refractivity contribution in [2.75, 3.05) is 25.4 Å². The van der Waals surface area contributed by atoms with Crippen molar-refractivity contribution < 1.29 is 23.1 Å². The molecule has 4 nitrogen and oxygen atoms in total. The van der Waals surface area contributed by atoms with Crippen LogP contribution in [0.5, 0.6) is 0 Å². The molecule has 0 aliphatic carbocycles. The van der Waals surface area contributed by atoms with Gasteiger partial charge in [-0.3, -0.25) is 4.79 Å². The summed E-state index contributed by atoms with van der Waals surface area (Å²) in [6, 6.07) is 3.31. The van der Waals surface area contributed by atoms with E-state index in [-0.39, 0.29) is 17.8 Å². The van der Waals surface area contributed by atoms with Gasteiger partial charge in [-0.2, -0.15) is 0 Å². The van der Waals surface area contributed by atoms with Gasteiger partial charge in [-0.25, -0.2) is 13.2 Å². The Bertz CT molecular complexity index is 427. The molecule has 0 aliphatic heterocycles. The van der Waals surface area contributed by atoms with E-state index in [1.807, 2.05) is 0 Å². The molecule has 0 heterocycles. The van der Waals surface area contributed by atoms with Gasteiger partial charge in [0.05, 0.1) is 18.8 Å². The first-order chi connectivity index (χ1) is 8.45. The molecule has 1 aromatic rings. The van der Waals surface area contributed by atoms with Gasteiger partial charge in [0.25, 0.3) is 12.3 Å². The van der Waals surface area contributed by atoms with E-state index in [0.717, 1.165) is 11.0 Å². The SMILES string of the molecule is Nc1ccc(C(=O)N(CCO)CC(F)F)cc1F. The monoisotopic (exact) mass is 262 g/mol. The van der Waals surface area contributed by atoms with Crippen molar-refractivity contribution in [3.63, 3.8) is 0 Å². The highest BCUT2D eigenvalue weighted by Gasteiger charge is 2.20. The molecular weight excluding hydrogens is 249 g/mol. The van der Waals surface area contributed by atoms with Crippen molar-refractivity contribution in [2.24, 2.45) is 0 Å². The van der Waals surface area contributed by atoms with Gasteiger partial charge in [-0.15, -0.1) is 0 Å². The molecule has 0 unspecified atom stereocenters. The normalized spacial score (nSPS) is 10.7. The van der Waals surface area contributed by atoms with Crippen LogP contribution >= 0.6 is 0 Å². The number of amides is 1. The predicted octanol–water partition coefficient (Wildman–Crippen LogP) is 1.11. The summed E-state index contributed by atoms with van der Waals surface area (Å²) < 4.78 is 37.7. The van der Waals surface area contributed by atoms with Crippen LogP contribution in [-0.2, 0) is 0 Å². The van der Waals surface area contributed by atoms with Crippen LogP contribution in [0.15, 0.2) is 18.2 Å². The number of hydrogen-bond donors (Lipinski definition) is 2. The first kappa shape index (κ1) is 14.3. The molecule has 0 atom stereocenters. The van der Waals surface area contributed by atoms with E-state index in [0.29, 0.717) is 0 Å². The maximum atomic E-state index is 13.2. The second-order valence-electron chi connectivity index (χ2n) is 3.60. The summed E-state index contributed by atoms with van der Waals surface area (Å²) in [5.74, 6) is -1.56. The lowest BCUT2D eigenvalue weighted by molar-refractivity contribution is 0.0509. The lowest BCUT2D eigenvalue weighted by atomic mass is 10.1. The molecule has 1 aromatic carbocycles. The van der Waals surface area contributed by atoms with Crippen molar-refractivity contribution in [3.05, 3.63) is 29.6 Å². The Kier molecular flexibility index (Phi) is 4.96. The van der Waals surface area contributed by atoms with Crippen LogP contribution in [0.25, 0.3) is 0 Å². The van der Waals surface area contributed by atoms with Gasteiger partial charge in [-0.1, -0.05) is 0 Å². The van der Waals surface area contributed by atoms with Crippen LogP contribution in [0, 0.1) is 5.82 Å². The molecule has 0 aromatic heterocycles. The number of hydrogen-bond acceptors (Lipinski definition) is 3. The summed E-state index contributed by atoms with van der Waals surface area (Å²) in [5.41, 5.74) is 5.03. The Morgan fingerprint density at radius 2 is 2.11 bits per heavy atom.